The molecule has 0 radical (unpaired) electrons. The number of rotatable bonds is 5. The zero-order valence-electron chi connectivity index (χ0n) is 11.6. The summed E-state index contributed by atoms with van der Waals surface area (Å²) in [5, 5.41) is 3.18. The van der Waals surface area contributed by atoms with Crippen LogP contribution in [0.2, 0.25) is 0 Å². The third-order valence-corrected chi connectivity index (χ3v) is 3.19. The van der Waals surface area contributed by atoms with E-state index in [4.69, 9.17) is 10.5 Å². The first kappa shape index (κ1) is 14.1. The van der Waals surface area contributed by atoms with E-state index in [9.17, 15) is 4.79 Å². The van der Waals surface area contributed by atoms with E-state index < -0.39 is 5.91 Å². The minimum atomic E-state index is -0.443. The van der Waals surface area contributed by atoms with E-state index in [2.05, 4.69) is 12.2 Å². The van der Waals surface area contributed by atoms with Crippen LogP contribution < -0.4 is 15.8 Å². The van der Waals surface area contributed by atoms with Gasteiger partial charge in [0.05, 0.1) is 0 Å². The zero-order valence-corrected chi connectivity index (χ0v) is 11.6. The Morgan fingerprint density at radius 2 is 1.55 bits per heavy atom. The van der Waals surface area contributed by atoms with Crippen LogP contribution in [0.5, 0.6) is 11.5 Å². The number of benzene rings is 2. The van der Waals surface area contributed by atoms with Gasteiger partial charge in [0, 0.05) is 11.6 Å². The van der Waals surface area contributed by atoms with Gasteiger partial charge >= 0.3 is 0 Å². The largest absolute Gasteiger partial charge is 0.457 e. The maximum Gasteiger partial charge on any atom is 0.248 e. The van der Waals surface area contributed by atoms with Gasteiger partial charge in [-0.2, -0.15) is 0 Å². The van der Waals surface area contributed by atoms with Crippen molar-refractivity contribution in [2.24, 2.45) is 5.73 Å². The summed E-state index contributed by atoms with van der Waals surface area (Å²) in [7, 11) is 1.93. The highest BCUT2D eigenvalue weighted by molar-refractivity contribution is 5.92. The monoisotopic (exact) mass is 270 g/mol. The van der Waals surface area contributed by atoms with E-state index in [-0.39, 0.29) is 0 Å². The first-order valence-electron chi connectivity index (χ1n) is 6.45. The fourth-order valence-electron chi connectivity index (χ4n) is 1.81. The minimum absolute atomic E-state index is 0.305. The molecule has 4 heteroatoms. The number of nitrogens with one attached hydrogen (secondary N) is 1. The molecule has 1 atom stereocenters. The molecule has 2 aromatic rings. The van der Waals surface area contributed by atoms with E-state index in [0.717, 1.165) is 5.75 Å². The smallest absolute Gasteiger partial charge is 0.248 e. The molecule has 0 fully saturated rings. The molecule has 1 amide bonds. The lowest BCUT2D eigenvalue weighted by atomic mass is 10.1. The molecule has 2 rings (SSSR count). The number of ether oxygens (including phenoxy) is 1. The van der Waals surface area contributed by atoms with Gasteiger partial charge in [0.1, 0.15) is 11.5 Å². The lowest BCUT2D eigenvalue weighted by Gasteiger charge is -2.11. The number of amides is 1. The van der Waals surface area contributed by atoms with Gasteiger partial charge in [-0.25, -0.2) is 0 Å². The Balaban J connectivity index is 2.08. The fourth-order valence-corrected chi connectivity index (χ4v) is 1.81. The molecule has 0 spiro atoms. The van der Waals surface area contributed by atoms with E-state index in [1.807, 2.05) is 31.3 Å². The molecule has 0 bridgehead atoms. The standard InChI is InChI=1S/C16H18N2O2/c1-11(18-2)12-3-7-14(8-4-12)20-15-9-5-13(6-10-15)16(17)19/h3-11,18H,1-2H3,(H2,17,19). The van der Waals surface area contributed by atoms with Crippen molar-refractivity contribution in [2.45, 2.75) is 13.0 Å². The molecule has 0 saturated carbocycles. The van der Waals surface area contributed by atoms with Crippen molar-refractivity contribution in [3.63, 3.8) is 0 Å². The molecule has 0 aromatic heterocycles. The highest BCUT2D eigenvalue weighted by Gasteiger charge is 2.04. The summed E-state index contributed by atoms with van der Waals surface area (Å²) in [6.45, 7) is 2.10. The predicted octanol–water partition coefficient (Wildman–Crippen LogP) is 2.86. The minimum Gasteiger partial charge on any atom is -0.457 e. The second kappa shape index (κ2) is 6.21. The van der Waals surface area contributed by atoms with Gasteiger partial charge in [-0.05, 0) is 55.9 Å². The van der Waals surface area contributed by atoms with Crippen LogP contribution in [-0.2, 0) is 0 Å². The topological polar surface area (TPSA) is 64.3 Å². The molecule has 20 heavy (non-hydrogen) atoms. The van der Waals surface area contributed by atoms with Gasteiger partial charge in [-0.15, -0.1) is 0 Å². The first-order valence-corrected chi connectivity index (χ1v) is 6.45. The van der Waals surface area contributed by atoms with Crippen molar-refractivity contribution in [3.8, 4) is 11.5 Å². The third-order valence-electron chi connectivity index (χ3n) is 3.19. The number of nitrogens with two attached hydrogens (primary N) is 1. The first-order chi connectivity index (χ1) is 9.60. The highest BCUT2D eigenvalue weighted by atomic mass is 16.5. The molecule has 0 aliphatic rings. The van der Waals surface area contributed by atoms with Crippen molar-refractivity contribution in [3.05, 3.63) is 59.7 Å². The van der Waals surface area contributed by atoms with Gasteiger partial charge in [0.15, 0.2) is 0 Å². The van der Waals surface area contributed by atoms with Crippen LogP contribution in [0, 0.1) is 0 Å². The van der Waals surface area contributed by atoms with Crippen molar-refractivity contribution in [1.29, 1.82) is 0 Å². The molecular formula is C16H18N2O2. The van der Waals surface area contributed by atoms with Crippen molar-refractivity contribution < 1.29 is 9.53 Å². The maximum absolute atomic E-state index is 11.0. The summed E-state index contributed by atoms with van der Waals surface area (Å²) in [6, 6.07) is 14.9. The summed E-state index contributed by atoms with van der Waals surface area (Å²) in [5.41, 5.74) is 6.86. The van der Waals surface area contributed by atoms with Crippen LogP contribution in [-0.4, -0.2) is 13.0 Å². The Bertz CT molecular complexity index is 576. The predicted molar refractivity (Wildman–Crippen MR) is 79.0 cm³/mol. The van der Waals surface area contributed by atoms with Crippen LogP contribution in [0.4, 0.5) is 0 Å². The average molecular weight is 270 g/mol. The molecule has 1 unspecified atom stereocenters. The van der Waals surface area contributed by atoms with Crippen molar-refractivity contribution in [1.82, 2.24) is 5.32 Å². The Kier molecular flexibility index (Phi) is 4.38. The Morgan fingerprint density at radius 3 is 2.00 bits per heavy atom. The number of carbonyl (C=O) groups excluding carboxylic acids is 1. The van der Waals surface area contributed by atoms with Crippen LogP contribution in [0.25, 0.3) is 0 Å². The molecular weight excluding hydrogens is 252 g/mol. The summed E-state index contributed by atoms with van der Waals surface area (Å²) in [4.78, 5) is 11.0. The Hall–Kier alpha value is -2.33. The summed E-state index contributed by atoms with van der Waals surface area (Å²) < 4.78 is 5.71. The van der Waals surface area contributed by atoms with Crippen molar-refractivity contribution in [2.75, 3.05) is 7.05 Å². The molecule has 0 heterocycles. The average Bonchev–Trinajstić information content (AvgIpc) is 2.48. The van der Waals surface area contributed by atoms with Gasteiger partial charge in [-0.3, -0.25) is 4.79 Å². The molecule has 0 aliphatic carbocycles. The number of primary amides is 1. The summed E-state index contributed by atoms with van der Waals surface area (Å²) in [5.74, 6) is 0.982. The Labute approximate surface area is 118 Å². The van der Waals surface area contributed by atoms with E-state index >= 15 is 0 Å². The lowest BCUT2D eigenvalue weighted by Crippen LogP contribution is -2.11. The molecule has 0 aliphatic heterocycles. The molecule has 104 valence electrons. The van der Waals surface area contributed by atoms with Crippen LogP contribution >= 0.6 is 0 Å². The SMILES string of the molecule is CNC(C)c1ccc(Oc2ccc(C(N)=O)cc2)cc1. The third kappa shape index (κ3) is 3.36. The van der Waals surface area contributed by atoms with E-state index in [0.29, 0.717) is 17.4 Å². The maximum atomic E-state index is 11.0. The van der Waals surface area contributed by atoms with Gasteiger partial charge in [-0.1, -0.05) is 12.1 Å². The lowest BCUT2D eigenvalue weighted by molar-refractivity contribution is 0.100. The highest BCUT2D eigenvalue weighted by Crippen LogP contribution is 2.23. The summed E-state index contributed by atoms with van der Waals surface area (Å²) in [6.07, 6.45) is 0. The van der Waals surface area contributed by atoms with Crippen LogP contribution in [0.15, 0.2) is 48.5 Å². The number of hydrogen-bond donors (Lipinski definition) is 2. The number of carbonyl (C=O) groups is 1. The van der Waals surface area contributed by atoms with Crippen molar-refractivity contribution >= 4 is 5.91 Å². The van der Waals surface area contributed by atoms with Gasteiger partial charge in [0.25, 0.3) is 0 Å². The second-order valence-electron chi connectivity index (χ2n) is 4.57. The van der Waals surface area contributed by atoms with E-state index in [1.165, 1.54) is 5.56 Å². The van der Waals surface area contributed by atoms with Gasteiger partial charge in [0.2, 0.25) is 5.91 Å². The normalized spacial score (nSPS) is 11.9. The molecule has 3 N–H and O–H groups in total. The Morgan fingerprint density at radius 1 is 1.05 bits per heavy atom. The molecule has 2 aromatic carbocycles. The number of hydrogen-bond acceptors (Lipinski definition) is 3. The van der Waals surface area contributed by atoms with Crippen LogP contribution in [0.3, 0.4) is 0 Å². The molecule has 0 saturated heterocycles. The van der Waals surface area contributed by atoms with Gasteiger partial charge < -0.3 is 15.8 Å². The summed E-state index contributed by atoms with van der Waals surface area (Å²) >= 11 is 0. The second-order valence-corrected chi connectivity index (χ2v) is 4.57. The van der Waals surface area contributed by atoms with E-state index in [1.54, 1.807) is 24.3 Å². The fraction of sp³-hybridized carbons (Fsp3) is 0.188. The molecule has 4 nitrogen and oxygen atoms in total. The quantitative estimate of drug-likeness (QED) is 0.878. The van der Waals surface area contributed by atoms with Crippen LogP contribution in [0.1, 0.15) is 28.9 Å². The zero-order chi connectivity index (χ0) is 14.5.